The minimum Gasteiger partial charge on any atom is -0.497 e. The van der Waals surface area contributed by atoms with Crippen molar-refractivity contribution in [3.63, 3.8) is 0 Å². The number of nitrogens with one attached hydrogen (secondary N) is 2. The summed E-state index contributed by atoms with van der Waals surface area (Å²) < 4.78 is 5.18. The van der Waals surface area contributed by atoms with Gasteiger partial charge in [0, 0.05) is 38.0 Å². The van der Waals surface area contributed by atoms with Crippen molar-refractivity contribution in [3.05, 3.63) is 54.1 Å². The van der Waals surface area contributed by atoms with Gasteiger partial charge in [-0.25, -0.2) is 4.98 Å². The Labute approximate surface area is 195 Å². The molecule has 1 amide bonds. The Morgan fingerprint density at radius 1 is 1.00 bits per heavy atom. The quantitative estimate of drug-likeness (QED) is 0.539. The maximum absolute atomic E-state index is 12.4. The van der Waals surface area contributed by atoms with Gasteiger partial charge in [-0.1, -0.05) is 24.3 Å². The van der Waals surface area contributed by atoms with Gasteiger partial charge in [-0.2, -0.15) is 4.98 Å². The van der Waals surface area contributed by atoms with E-state index in [1.165, 1.54) is 0 Å². The summed E-state index contributed by atoms with van der Waals surface area (Å²) in [6.45, 7) is 0. The summed E-state index contributed by atoms with van der Waals surface area (Å²) in [4.78, 5) is 23.9. The van der Waals surface area contributed by atoms with Crippen LogP contribution in [0.15, 0.2) is 48.5 Å². The van der Waals surface area contributed by atoms with Crippen molar-refractivity contribution in [3.8, 4) is 5.75 Å². The van der Waals surface area contributed by atoms with E-state index in [4.69, 9.17) is 14.7 Å². The van der Waals surface area contributed by atoms with Crippen molar-refractivity contribution in [1.82, 2.24) is 15.3 Å². The van der Waals surface area contributed by atoms with Crippen LogP contribution in [-0.2, 0) is 11.2 Å². The predicted molar refractivity (Wildman–Crippen MR) is 133 cm³/mol. The summed E-state index contributed by atoms with van der Waals surface area (Å²) in [5.74, 6) is 2.54. The van der Waals surface area contributed by atoms with Gasteiger partial charge in [-0.3, -0.25) is 4.79 Å². The monoisotopic (exact) mass is 447 g/mol. The van der Waals surface area contributed by atoms with Crippen LogP contribution in [0.4, 0.5) is 11.8 Å². The standard InChI is InChI=1S/C26H33N5O2/c1-31(2)25-22-6-4-5-7-23(22)29-26(30-25)28-20-13-11-19(12-14-20)27-24(32)17-10-18-8-15-21(33-3)16-9-18/h4-9,15-16,19-20H,10-14,17H2,1-3H3,(H,27,32)(H,28,29,30). The maximum atomic E-state index is 12.4. The van der Waals surface area contributed by atoms with Gasteiger partial charge in [0.2, 0.25) is 11.9 Å². The Balaban J connectivity index is 1.26. The molecule has 1 aliphatic rings. The fraction of sp³-hybridized carbons (Fsp3) is 0.423. The minimum absolute atomic E-state index is 0.121. The Bertz CT molecular complexity index is 1080. The SMILES string of the molecule is COc1ccc(CCC(=O)NC2CCC(Nc3nc(N(C)C)c4ccccc4n3)CC2)cc1. The molecule has 1 aliphatic carbocycles. The second kappa shape index (κ2) is 10.5. The number of para-hydroxylation sites is 1. The highest BCUT2D eigenvalue weighted by atomic mass is 16.5. The Hall–Kier alpha value is -3.35. The molecule has 0 radical (unpaired) electrons. The van der Waals surface area contributed by atoms with Crippen LogP contribution >= 0.6 is 0 Å². The number of carbonyl (C=O) groups is 1. The summed E-state index contributed by atoms with van der Waals surface area (Å²) in [6, 6.07) is 16.5. The molecule has 0 saturated heterocycles. The lowest BCUT2D eigenvalue weighted by molar-refractivity contribution is -0.122. The topological polar surface area (TPSA) is 79.4 Å². The van der Waals surface area contributed by atoms with Crippen LogP contribution < -0.4 is 20.3 Å². The molecule has 7 nitrogen and oxygen atoms in total. The fourth-order valence-corrected chi connectivity index (χ4v) is 4.38. The molecule has 0 bridgehead atoms. The van der Waals surface area contributed by atoms with Crippen LogP contribution in [0.2, 0.25) is 0 Å². The highest BCUT2D eigenvalue weighted by Gasteiger charge is 2.23. The number of aryl methyl sites for hydroxylation is 1. The average molecular weight is 448 g/mol. The number of ether oxygens (including phenoxy) is 1. The highest BCUT2D eigenvalue weighted by Crippen LogP contribution is 2.26. The number of carbonyl (C=O) groups excluding carboxylic acids is 1. The largest absolute Gasteiger partial charge is 0.497 e. The molecule has 1 fully saturated rings. The normalized spacial score (nSPS) is 18.0. The number of nitrogens with zero attached hydrogens (tertiary/aromatic N) is 3. The summed E-state index contributed by atoms with van der Waals surface area (Å²) in [6.07, 6.45) is 5.12. The van der Waals surface area contributed by atoms with Gasteiger partial charge in [0.1, 0.15) is 11.6 Å². The highest BCUT2D eigenvalue weighted by molar-refractivity contribution is 5.90. The van der Waals surface area contributed by atoms with Gasteiger partial charge in [0.15, 0.2) is 0 Å². The Kier molecular flexibility index (Phi) is 7.27. The molecule has 4 rings (SSSR count). The zero-order chi connectivity index (χ0) is 23.2. The van der Waals surface area contributed by atoms with E-state index >= 15 is 0 Å². The van der Waals surface area contributed by atoms with Crippen LogP contribution in [0.3, 0.4) is 0 Å². The van der Waals surface area contributed by atoms with E-state index in [9.17, 15) is 4.79 Å². The van der Waals surface area contributed by atoms with E-state index in [2.05, 4.69) is 16.7 Å². The number of fused-ring (bicyclic) bond motifs is 1. The first kappa shape index (κ1) is 22.8. The zero-order valence-corrected chi connectivity index (χ0v) is 19.7. The van der Waals surface area contributed by atoms with E-state index < -0.39 is 0 Å². The number of amides is 1. The van der Waals surface area contributed by atoms with E-state index in [0.717, 1.165) is 60.1 Å². The molecule has 3 aromatic rings. The van der Waals surface area contributed by atoms with Crippen LogP contribution in [0, 0.1) is 0 Å². The first-order valence-electron chi connectivity index (χ1n) is 11.6. The molecule has 0 aliphatic heterocycles. The van der Waals surface area contributed by atoms with Gasteiger partial charge >= 0.3 is 0 Å². The van der Waals surface area contributed by atoms with E-state index in [1.807, 2.05) is 61.5 Å². The fourth-order valence-electron chi connectivity index (χ4n) is 4.38. The van der Waals surface area contributed by atoms with E-state index in [0.29, 0.717) is 18.4 Å². The van der Waals surface area contributed by atoms with Crippen molar-refractivity contribution in [2.45, 2.75) is 50.6 Å². The third-order valence-electron chi connectivity index (χ3n) is 6.23. The van der Waals surface area contributed by atoms with Crippen LogP contribution in [0.1, 0.15) is 37.7 Å². The van der Waals surface area contributed by atoms with E-state index in [1.54, 1.807) is 7.11 Å². The van der Waals surface area contributed by atoms with Crippen molar-refractivity contribution in [2.75, 3.05) is 31.4 Å². The molecule has 174 valence electrons. The summed E-state index contributed by atoms with van der Waals surface area (Å²) >= 11 is 0. The van der Waals surface area contributed by atoms with Gasteiger partial charge in [0.25, 0.3) is 0 Å². The lowest BCUT2D eigenvalue weighted by Crippen LogP contribution is -2.40. The number of benzene rings is 2. The molecule has 1 saturated carbocycles. The molecule has 1 heterocycles. The van der Waals surface area contributed by atoms with E-state index in [-0.39, 0.29) is 11.9 Å². The molecule has 7 heteroatoms. The number of anilines is 2. The minimum atomic E-state index is 0.121. The second-order valence-electron chi connectivity index (χ2n) is 8.89. The van der Waals surface area contributed by atoms with Gasteiger partial charge in [-0.15, -0.1) is 0 Å². The smallest absolute Gasteiger partial charge is 0.225 e. The third-order valence-corrected chi connectivity index (χ3v) is 6.23. The summed E-state index contributed by atoms with van der Waals surface area (Å²) in [5, 5.41) is 7.79. The lowest BCUT2D eigenvalue weighted by Gasteiger charge is -2.30. The van der Waals surface area contributed by atoms with Crippen molar-refractivity contribution in [2.24, 2.45) is 0 Å². The van der Waals surface area contributed by atoms with Crippen LogP contribution in [0.5, 0.6) is 5.75 Å². The molecular formula is C26H33N5O2. The van der Waals surface area contributed by atoms with Crippen LogP contribution in [0.25, 0.3) is 10.9 Å². The summed E-state index contributed by atoms with van der Waals surface area (Å²) in [5.41, 5.74) is 2.09. The zero-order valence-electron chi connectivity index (χ0n) is 19.7. The first-order valence-corrected chi connectivity index (χ1v) is 11.6. The third kappa shape index (κ3) is 5.92. The molecule has 0 spiro atoms. The van der Waals surface area contributed by atoms with Crippen LogP contribution in [-0.4, -0.2) is 49.2 Å². The molecule has 0 unspecified atom stereocenters. The van der Waals surface area contributed by atoms with Crippen molar-refractivity contribution >= 4 is 28.6 Å². The number of rotatable bonds is 8. The van der Waals surface area contributed by atoms with Gasteiger partial charge in [-0.05, 0) is 61.9 Å². The second-order valence-corrected chi connectivity index (χ2v) is 8.89. The predicted octanol–water partition coefficient (Wildman–Crippen LogP) is 4.18. The van der Waals surface area contributed by atoms with Crippen molar-refractivity contribution in [1.29, 1.82) is 0 Å². The Morgan fingerprint density at radius 2 is 1.70 bits per heavy atom. The maximum Gasteiger partial charge on any atom is 0.225 e. The van der Waals surface area contributed by atoms with Crippen molar-refractivity contribution < 1.29 is 9.53 Å². The molecular weight excluding hydrogens is 414 g/mol. The van der Waals surface area contributed by atoms with Gasteiger partial charge in [0.05, 0.1) is 12.6 Å². The number of aromatic nitrogens is 2. The number of hydrogen-bond acceptors (Lipinski definition) is 6. The average Bonchev–Trinajstić information content (AvgIpc) is 2.83. The molecule has 1 aromatic heterocycles. The Morgan fingerprint density at radius 3 is 2.39 bits per heavy atom. The van der Waals surface area contributed by atoms with Gasteiger partial charge < -0.3 is 20.3 Å². The molecule has 33 heavy (non-hydrogen) atoms. The molecule has 0 atom stereocenters. The first-order chi connectivity index (χ1) is 16.0. The molecule has 2 aromatic carbocycles. The summed E-state index contributed by atoms with van der Waals surface area (Å²) in [7, 11) is 5.66. The number of hydrogen-bond donors (Lipinski definition) is 2. The molecule has 2 N–H and O–H groups in total. The number of methoxy groups -OCH3 is 1. The lowest BCUT2D eigenvalue weighted by atomic mass is 9.91.